The Kier molecular flexibility index (Phi) is 6.42. The monoisotopic (exact) mass is 378 g/mol. The van der Waals surface area contributed by atoms with Crippen LogP contribution in [0.25, 0.3) is 0 Å². The predicted octanol–water partition coefficient (Wildman–Crippen LogP) is 3.45. The van der Waals surface area contributed by atoms with Crippen LogP contribution in [0.15, 0.2) is 55.1 Å². The topological polar surface area (TPSA) is 69.0 Å². The second-order valence-electron chi connectivity index (χ2n) is 7.17. The lowest BCUT2D eigenvalue weighted by atomic mass is 10.0. The van der Waals surface area contributed by atoms with Gasteiger partial charge in [0.2, 0.25) is 0 Å². The number of carbonyl (C=O) groups is 1. The number of carbonyl (C=O) groups excluding carboxylic acids is 1. The second-order valence-corrected chi connectivity index (χ2v) is 7.17. The lowest BCUT2D eigenvalue weighted by Gasteiger charge is -2.15. The predicted molar refractivity (Wildman–Crippen MR) is 108 cm³/mol. The average Bonchev–Trinajstić information content (AvgIpc) is 3.18. The van der Waals surface area contributed by atoms with E-state index in [2.05, 4.69) is 41.4 Å². The highest BCUT2D eigenvalue weighted by Crippen LogP contribution is 2.27. The maximum Gasteiger partial charge on any atom is 0.258 e. The third kappa shape index (κ3) is 5.42. The van der Waals surface area contributed by atoms with Crippen molar-refractivity contribution in [3.05, 3.63) is 77.4 Å². The zero-order valence-corrected chi connectivity index (χ0v) is 16.6. The van der Waals surface area contributed by atoms with E-state index in [-0.39, 0.29) is 12.5 Å². The molecular formula is C22H26N4O2. The number of nitrogens with one attached hydrogen (secondary N) is 1. The smallest absolute Gasteiger partial charge is 0.258 e. The summed E-state index contributed by atoms with van der Waals surface area (Å²) in [7, 11) is 0. The van der Waals surface area contributed by atoms with Crippen molar-refractivity contribution in [1.29, 1.82) is 0 Å². The van der Waals surface area contributed by atoms with Crippen LogP contribution in [-0.2, 0) is 17.9 Å². The fourth-order valence-corrected chi connectivity index (χ4v) is 2.90. The molecule has 0 saturated heterocycles. The molecule has 28 heavy (non-hydrogen) atoms. The molecule has 3 aromatic rings. The van der Waals surface area contributed by atoms with Crippen molar-refractivity contribution in [2.45, 2.75) is 39.8 Å². The van der Waals surface area contributed by atoms with Gasteiger partial charge in [0.15, 0.2) is 6.61 Å². The van der Waals surface area contributed by atoms with Gasteiger partial charge in [-0.1, -0.05) is 50.2 Å². The van der Waals surface area contributed by atoms with E-state index in [1.54, 1.807) is 11.0 Å². The Labute approximate surface area is 165 Å². The highest BCUT2D eigenvalue weighted by atomic mass is 16.5. The number of ether oxygens (including phenoxy) is 1. The summed E-state index contributed by atoms with van der Waals surface area (Å²) in [5, 5.41) is 7.00. The molecule has 0 atom stereocenters. The molecule has 3 rings (SSSR count). The molecule has 1 aromatic heterocycles. The molecular weight excluding hydrogens is 352 g/mol. The molecule has 0 spiro atoms. The van der Waals surface area contributed by atoms with E-state index in [0.29, 0.717) is 19.0 Å². The molecule has 0 fully saturated rings. The summed E-state index contributed by atoms with van der Waals surface area (Å²) in [6.07, 6.45) is 3.21. The summed E-state index contributed by atoms with van der Waals surface area (Å²) in [5.74, 6) is 0.986. The van der Waals surface area contributed by atoms with Crippen molar-refractivity contribution >= 4 is 5.91 Å². The summed E-state index contributed by atoms with van der Waals surface area (Å²) in [5.41, 5.74) is 4.39. The van der Waals surface area contributed by atoms with Crippen LogP contribution >= 0.6 is 0 Å². The van der Waals surface area contributed by atoms with E-state index in [4.69, 9.17) is 4.74 Å². The summed E-state index contributed by atoms with van der Waals surface area (Å²) in [4.78, 5) is 16.1. The molecule has 1 amide bonds. The van der Waals surface area contributed by atoms with Crippen molar-refractivity contribution in [2.75, 3.05) is 6.61 Å². The SMILES string of the molecule is Cc1ccc(C(C)C)c(OCC(=O)NCc2ccc(Cn3cncn3)cc2)c1. The molecule has 0 bridgehead atoms. The van der Waals surface area contributed by atoms with Gasteiger partial charge in [-0.05, 0) is 41.2 Å². The standard InChI is InChI=1S/C22H26N4O2/c1-16(2)20-9-4-17(3)10-21(20)28-13-22(27)24-11-18-5-7-19(8-6-18)12-26-15-23-14-25-26/h4-10,14-16H,11-13H2,1-3H3,(H,24,27). The Morgan fingerprint density at radius 2 is 1.89 bits per heavy atom. The molecule has 0 unspecified atom stereocenters. The van der Waals surface area contributed by atoms with E-state index < -0.39 is 0 Å². The number of hydrogen-bond donors (Lipinski definition) is 1. The van der Waals surface area contributed by atoms with Crippen molar-refractivity contribution < 1.29 is 9.53 Å². The van der Waals surface area contributed by atoms with Gasteiger partial charge in [0.1, 0.15) is 18.4 Å². The van der Waals surface area contributed by atoms with E-state index in [1.165, 1.54) is 6.33 Å². The number of nitrogens with zero attached hydrogens (tertiary/aromatic N) is 3. The number of hydrogen-bond acceptors (Lipinski definition) is 4. The van der Waals surface area contributed by atoms with Gasteiger partial charge >= 0.3 is 0 Å². The Hall–Kier alpha value is -3.15. The van der Waals surface area contributed by atoms with Crippen LogP contribution in [0, 0.1) is 6.92 Å². The van der Waals surface area contributed by atoms with Gasteiger partial charge in [0, 0.05) is 6.54 Å². The maximum absolute atomic E-state index is 12.2. The minimum Gasteiger partial charge on any atom is -0.483 e. The van der Waals surface area contributed by atoms with Gasteiger partial charge in [-0.25, -0.2) is 9.67 Å². The maximum atomic E-state index is 12.2. The number of benzene rings is 2. The van der Waals surface area contributed by atoms with Crippen LogP contribution in [0.2, 0.25) is 0 Å². The number of rotatable bonds is 8. The van der Waals surface area contributed by atoms with Gasteiger partial charge in [-0.3, -0.25) is 4.79 Å². The van der Waals surface area contributed by atoms with E-state index in [0.717, 1.165) is 28.0 Å². The molecule has 146 valence electrons. The van der Waals surface area contributed by atoms with Crippen LogP contribution in [-0.4, -0.2) is 27.3 Å². The molecule has 0 radical (unpaired) electrons. The largest absolute Gasteiger partial charge is 0.483 e. The fourth-order valence-electron chi connectivity index (χ4n) is 2.90. The van der Waals surface area contributed by atoms with Crippen molar-refractivity contribution in [3.8, 4) is 5.75 Å². The normalized spacial score (nSPS) is 10.9. The number of amides is 1. The first-order valence-corrected chi connectivity index (χ1v) is 9.41. The first kappa shape index (κ1) is 19.6. The Bertz CT molecular complexity index is 903. The van der Waals surface area contributed by atoms with E-state index >= 15 is 0 Å². The number of aryl methyl sites for hydroxylation is 1. The third-order valence-electron chi connectivity index (χ3n) is 4.47. The molecule has 0 saturated carbocycles. The zero-order valence-electron chi connectivity index (χ0n) is 16.6. The quantitative estimate of drug-likeness (QED) is 0.652. The Morgan fingerprint density at radius 1 is 1.14 bits per heavy atom. The van der Waals surface area contributed by atoms with Crippen molar-refractivity contribution in [2.24, 2.45) is 0 Å². The molecule has 1 N–H and O–H groups in total. The van der Waals surface area contributed by atoms with Crippen molar-refractivity contribution in [1.82, 2.24) is 20.1 Å². The van der Waals surface area contributed by atoms with Gasteiger partial charge in [0.05, 0.1) is 6.54 Å². The Balaban J connectivity index is 1.49. The first-order chi connectivity index (χ1) is 13.5. The molecule has 2 aromatic carbocycles. The first-order valence-electron chi connectivity index (χ1n) is 9.41. The summed E-state index contributed by atoms with van der Waals surface area (Å²) < 4.78 is 7.55. The van der Waals surface area contributed by atoms with Crippen LogP contribution in [0.4, 0.5) is 0 Å². The van der Waals surface area contributed by atoms with Crippen LogP contribution in [0.1, 0.15) is 42.0 Å². The Morgan fingerprint density at radius 3 is 2.57 bits per heavy atom. The molecule has 6 heteroatoms. The minimum absolute atomic E-state index is 0.00750. The van der Waals surface area contributed by atoms with Crippen molar-refractivity contribution in [3.63, 3.8) is 0 Å². The lowest BCUT2D eigenvalue weighted by molar-refractivity contribution is -0.123. The average molecular weight is 378 g/mol. The van der Waals surface area contributed by atoms with Crippen LogP contribution in [0.3, 0.4) is 0 Å². The zero-order chi connectivity index (χ0) is 19.9. The summed E-state index contributed by atoms with van der Waals surface area (Å²) in [6.45, 7) is 7.40. The molecule has 0 aliphatic rings. The minimum atomic E-state index is -0.136. The van der Waals surface area contributed by atoms with Gasteiger partial charge in [-0.15, -0.1) is 0 Å². The fraction of sp³-hybridized carbons (Fsp3) is 0.318. The number of aromatic nitrogens is 3. The second kappa shape index (κ2) is 9.17. The third-order valence-corrected chi connectivity index (χ3v) is 4.47. The van der Waals surface area contributed by atoms with Gasteiger partial charge in [-0.2, -0.15) is 5.10 Å². The summed E-state index contributed by atoms with van der Waals surface area (Å²) in [6, 6.07) is 14.2. The molecule has 0 aliphatic carbocycles. The molecule has 0 aliphatic heterocycles. The highest BCUT2D eigenvalue weighted by molar-refractivity contribution is 5.77. The van der Waals surface area contributed by atoms with E-state index in [1.807, 2.05) is 37.3 Å². The van der Waals surface area contributed by atoms with E-state index in [9.17, 15) is 4.79 Å². The van der Waals surface area contributed by atoms with Crippen LogP contribution < -0.4 is 10.1 Å². The van der Waals surface area contributed by atoms with Gasteiger partial charge in [0.25, 0.3) is 5.91 Å². The lowest BCUT2D eigenvalue weighted by Crippen LogP contribution is -2.28. The molecule has 6 nitrogen and oxygen atoms in total. The van der Waals surface area contributed by atoms with Crippen LogP contribution in [0.5, 0.6) is 5.75 Å². The summed E-state index contributed by atoms with van der Waals surface area (Å²) >= 11 is 0. The molecule has 1 heterocycles. The highest BCUT2D eigenvalue weighted by Gasteiger charge is 2.10. The van der Waals surface area contributed by atoms with Gasteiger partial charge < -0.3 is 10.1 Å².